The Morgan fingerprint density at radius 1 is 1.50 bits per heavy atom. The van der Waals surface area contributed by atoms with Gasteiger partial charge in [0.15, 0.2) is 15.7 Å². The van der Waals surface area contributed by atoms with Crippen molar-refractivity contribution < 1.29 is 12.8 Å². The van der Waals surface area contributed by atoms with Gasteiger partial charge in [-0.2, -0.15) is 4.37 Å². The second-order valence-corrected chi connectivity index (χ2v) is 7.67. The molecule has 0 bridgehead atoms. The standard InChI is InChI=1S/C11H11BrFN3O2S2/c1-20(17,18)9-10(14)16-19-11(9)15-5-6-4-7(13)2-3-8(6)12/h2-4,15H,5H2,1H3,(H2,14,16). The molecule has 5 nitrogen and oxygen atoms in total. The fraction of sp³-hybridized carbons (Fsp3) is 0.182. The van der Waals surface area contributed by atoms with E-state index in [1.54, 1.807) is 6.07 Å². The summed E-state index contributed by atoms with van der Waals surface area (Å²) in [5.41, 5.74) is 6.22. The number of nitrogens with two attached hydrogens (primary N) is 1. The fourth-order valence-electron chi connectivity index (χ4n) is 1.62. The van der Waals surface area contributed by atoms with Gasteiger partial charge in [0.1, 0.15) is 15.7 Å². The Kier molecular flexibility index (Phi) is 4.31. The molecule has 0 aliphatic rings. The molecule has 0 unspecified atom stereocenters. The van der Waals surface area contributed by atoms with Crippen LogP contribution < -0.4 is 11.1 Å². The van der Waals surface area contributed by atoms with Crippen LogP contribution in [0.15, 0.2) is 27.6 Å². The van der Waals surface area contributed by atoms with Gasteiger partial charge in [-0.15, -0.1) is 0 Å². The van der Waals surface area contributed by atoms with Crippen molar-refractivity contribution in [1.29, 1.82) is 0 Å². The SMILES string of the molecule is CS(=O)(=O)c1c(N)nsc1NCc1cc(F)ccc1Br. The Morgan fingerprint density at radius 2 is 2.20 bits per heavy atom. The van der Waals surface area contributed by atoms with Gasteiger partial charge >= 0.3 is 0 Å². The zero-order valence-electron chi connectivity index (χ0n) is 10.4. The van der Waals surface area contributed by atoms with Crippen molar-refractivity contribution in [3.63, 3.8) is 0 Å². The number of nitrogen functional groups attached to an aromatic ring is 1. The van der Waals surface area contributed by atoms with Crippen LogP contribution in [0.3, 0.4) is 0 Å². The molecule has 0 saturated heterocycles. The highest BCUT2D eigenvalue weighted by Gasteiger charge is 2.21. The van der Waals surface area contributed by atoms with Crippen LogP contribution in [0.5, 0.6) is 0 Å². The number of hydrogen-bond acceptors (Lipinski definition) is 6. The Labute approximate surface area is 128 Å². The van der Waals surface area contributed by atoms with Crippen molar-refractivity contribution in [2.45, 2.75) is 11.4 Å². The van der Waals surface area contributed by atoms with Gasteiger partial charge in [-0.25, -0.2) is 12.8 Å². The lowest BCUT2D eigenvalue weighted by Gasteiger charge is -2.08. The van der Waals surface area contributed by atoms with Gasteiger partial charge < -0.3 is 11.1 Å². The highest BCUT2D eigenvalue weighted by atomic mass is 79.9. The Morgan fingerprint density at radius 3 is 2.85 bits per heavy atom. The van der Waals surface area contributed by atoms with E-state index in [9.17, 15) is 12.8 Å². The molecule has 0 amide bonds. The van der Waals surface area contributed by atoms with Gasteiger partial charge in [0.05, 0.1) is 0 Å². The summed E-state index contributed by atoms with van der Waals surface area (Å²) in [5.74, 6) is -0.393. The van der Waals surface area contributed by atoms with Crippen molar-refractivity contribution in [2.75, 3.05) is 17.3 Å². The molecule has 3 N–H and O–H groups in total. The van der Waals surface area contributed by atoms with E-state index in [0.29, 0.717) is 10.6 Å². The van der Waals surface area contributed by atoms with Gasteiger partial charge in [0.25, 0.3) is 0 Å². The lowest BCUT2D eigenvalue weighted by atomic mass is 10.2. The lowest BCUT2D eigenvalue weighted by molar-refractivity contribution is 0.602. The maximum absolute atomic E-state index is 13.2. The summed E-state index contributed by atoms with van der Waals surface area (Å²) in [6.45, 7) is 0.252. The highest BCUT2D eigenvalue weighted by Crippen LogP contribution is 2.32. The number of benzene rings is 1. The normalized spacial score (nSPS) is 11.6. The summed E-state index contributed by atoms with van der Waals surface area (Å²) >= 11 is 4.26. The van der Waals surface area contributed by atoms with Gasteiger partial charge in [0, 0.05) is 17.3 Å². The molecule has 0 aliphatic carbocycles. The minimum absolute atomic E-state index is 0.0185. The van der Waals surface area contributed by atoms with Gasteiger partial charge in [0.2, 0.25) is 0 Å². The maximum Gasteiger partial charge on any atom is 0.182 e. The zero-order chi connectivity index (χ0) is 14.9. The third-order valence-electron chi connectivity index (χ3n) is 2.49. The number of rotatable bonds is 4. The van der Waals surface area contributed by atoms with E-state index in [1.165, 1.54) is 12.1 Å². The second-order valence-electron chi connectivity index (χ2n) is 4.09. The zero-order valence-corrected chi connectivity index (χ0v) is 13.6. The van der Waals surface area contributed by atoms with E-state index in [-0.39, 0.29) is 23.1 Å². The molecule has 0 radical (unpaired) electrons. The molecule has 0 aliphatic heterocycles. The second kappa shape index (κ2) is 5.66. The van der Waals surface area contributed by atoms with Crippen molar-refractivity contribution in [2.24, 2.45) is 0 Å². The largest absolute Gasteiger partial charge is 0.382 e. The molecule has 0 atom stereocenters. The molecule has 0 fully saturated rings. The van der Waals surface area contributed by atoms with Crippen LogP contribution in [0.25, 0.3) is 0 Å². The van der Waals surface area contributed by atoms with Crippen LogP contribution in [-0.4, -0.2) is 19.0 Å². The number of nitrogens with zero attached hydrogens (tertiary/aromatic N) is 1. The van der Waals surface area contributed by atoms with Crippen molar-refractivity contribution in [3.8, 4) is 0 Å². The Bertz CT molecular complexity index is 746. The summed E-state index contributed by atoms with van der Waals surface area (Å²) in [6.07, 6.45) is 1.07. The first-order valence-corrected chi connectivity index (χ1v) is 8.88. The molecule has 1 heterocycles. The van der Waals surface area contributed by atoms with E-state index >= 15 is 0 Å². The van der Waals surface area contributed by atoms with Crippen molar-refractivity contribution >= 4 is 48.1 Å². The number of sulfone groups is 1. The van der Waals surface area contributed by atoms with Crippen molar-refractivity contribution in [3.05, 3.63) is 34.1 Å². The third kappa shape index (κ3) is 3.28. The number of halogens is 2. The average Bonchev–Trinajstić information content (AvgIpc) is 2.71. The topological polar surface area (TPSA) is 85.1 Å². The number of hydrogen-bond donors (Lipinski definition) is 2. The summed E-state index contributed by atoms with van der Waals surface area (Å²) in [4.78, 5) is -0.0185. The smallest absolute Gasteiger partial charge is 0.182 e. The molecule has 1 aromatic heterocycles. The van der Waals surface area contributed by atoms with Crippen LogP contribution >= 0.6 is 27.5 Å². The van der Waals surface area contributed by atoms with Crippen LogP contribution in [0.4, 0.5) is 15.2 Å². The Hall–Kier alpha value is -1.19. The maximum atomic E-state index is 13.2. The quantitative estimate of drug-likeness (QED) is 0.852. The van der Waals surface area contributed by atoms with E-state index < -0.39 is 9.84 Å². The summed E-state index contributed by atoms with van der Waals surface area (Å²) in [6, 6.07) is 4.28. The average molecular weight is 380 g/mol. The van der Waals surface area contributed by atoms with E-state index in [2.05, 4.69) is 25.6 Å². The minimum Gasteiger partial charge on any atom is -0.382 e. The first-order chi connectivity index (χ1) is 9.29. The first-order valence-electron chi connectivity index (χ1n) is 5.42. The minimum atomic E-state index is -3.47. The lowest BCUT2D eigenvalue weighted by Crippen LogP contribution is -2.06. The van der Waals surface area contributed by atoms with Gasteiger partial charge in [-0.3, -0.25) is 0 Å². The molecule has 1 aromatic carbocycles. The number of aromatic nitrogens is 1. The summed E-state index contributed by atoms with van der Waals surface area (Å²) in [7, 11) is -3.47. The number of nitrogens with one attached hydrogen (secondary N) is 1. The highest BCUT2D eigenvalue weighted by molar-refractivity contribution is 9.10. The van der Waals surface area contributed by atoms with E-state index in [0.717, 1.165) is 22.3 Å². The molecule has 108 valence electrons. The molecule has 2 rings (SSSR count). The molecule has 2 aromatic rings. The first kappa shape index (κ1) is 15.2. The van der Waals surface area contributed by atoms with Crippen molar-refractivity contribution in [1.82, 2.24) is 4.37 Å². The van der Waals surface area contributed by atoms with Crippen LogP contribution in [0.1, 0.15) is 5.56 Å². The molecule has 9 heteroatoms. The fourth-order valence-corrected chi connectivity index (χ4v) is 4.07. The van der Waals surface area contributed by atoms with Crippen LogP contribution in [0.2, 0.25) is 0 Å². The predicted molar refractivity (Wildman–Crippen MR) is 81.1 cm³/mol. The number of anilines is 2. The molecular formula is C11H11BrFN3O2S2. The summed E-state index contributed by atoms with van der Waals surface area (Å²) < 4.78 is 41.0. The van der Waals surface area contributed by atoms with Gasteiger partial charge in [-0.05, 0) is 35.3 Å². The van der Waals surface area contributed by atoms with Gasteiger partial charge in [-0.1, -0.05) is 15.9 Å². The summed E-state index contributed by atoms with van der Waals surface area (Å²) in [5, 5.41) is 3.27. The van der Waals surface area contributed by atoms with E-state index in [4.69, 9.17) is 5.73 Å². The monoisotopic (exact) mass is 379 g/mol. The molecule has 20 heavy (non-hydrogen) atoms. The van der Waals surface area contributed by atoms with Crippen LogP contribution in [-0.2, 0) is 16.4 Å². The molecule has 0 saturated carbocycles. The van der Waals surface area contributed by atoms with Crippen LogP contribution in [0, 0.1) is 5.82 Å². The Balaban J connectivity index is 2.26. The van der Waals surface area contributed by atoms with E-state index in [1.807, 2.05) is 0 Å². The third-order valence-corrected chi connectivity index (χ3v) is 5.37. The predicted octanol–water partition coefficient (Wildman–Crippen LogP) is 2.64. The molecular weight excluding hydrogens is 369 g/mol. The molecule has 0 spiro atoms.